The van der Waals surface area contributed by atoms with Crippen molar-refractivity contribution in [3.63, 3.8) is 0 Å². The maximum Gasteiger partial charge on any atom is 0.443 e. The van der Waals surface area contributed by atoms with Crippen molar-refractivity contribution in [1.29, 1.82) is 0 Å². The van der Waals surface area contributed by atoms with Crippen LogP contribution in [0.2, 0.25) is 0 Å². The maximum absolute atomic E-state index is 12.7. The second kappa shape index (κ2) is 10.0. The predicted octanol–water partition coefficient (Wildman–Crippen LogP) is 3.45. The summed E-state index contributed by atoms with van der Waals surface area (Å²) >= 11 is 0.530. The van der Waals surface area contributed by atoms with Gasteiger partial charge in [-0.15, -0.1) is 11.3 Å². The molecule has 10 heteroatoms. The van der Waals surface area contributed by atoms with Crippen molar-refractivity contribution < 1.29 is 32.5 Å². The lowest BCUT2D eigenvalue weighted by molar-refractivity contribution is -0.143. The number of methoxy groups -OCH3 is 1. The molecule has 1 aromatic heterocycles. The number of hydrogen-bond acceptors (Lipinski definition) is 7. The zero-order valence-corrected chi connectivity index (χ0v) is 17.1. The molecule has 1 aromatic carbocycles. The molecule has 2 atom stereocenters. The molecular weight excluding hydrogens is 409 g/mol. The van der Waals surface area contributed by atoms with Gasteiger partial charge in [-0.25, -0.2) is 9.78 Å². The van der Waals surface area contributed by atoms with Crippen LogP contribution in [0.1, 0.15) is 40.1 Å². The molecule has 29 heavy (non-hydrogen) atoms. The molecule has 0 fully saturated rings. The Morgan fingerprint density at radius 2 is 1.93 bits per heavy atom. The number of alkyl halides is 3. The van der Waals surface area contributed by atoms with Crippen molar-refractivity contribution in [2.24, 2.45) is 0 Å². The molecule has 1 heterocycles. The first-order valence-electron chi connectivity index (χ1n) is 8.84. The van der Waals surface area contributed by atoms with Gasteiger partial charge in [-0.1, -0.05) is 19.1 Å². The highest BCUT2D eigenvalue weighted by molar-refractivity contribution is 7.11. The number of nitrogens with zero attached hydrogens (tertiary/aromatic N) is 1. The number of benzene rings is 1. The molecule has 0 radical (unpaired) electrons. The number of aliphatic hydroxyl groups excluding tert-OH is 1. The largest absolute Gasteiger partial charge is 0.482 e. The molecule has 6 nitrogen and oxygen atoms in total. The Labute approximate surface area is 170 Å². The normalized spacial score (nSPS) is 13.8. The minimum Gasteiger partial charge on any atom is -0.482 e. The van der Waals surface area contributed by atoms with Crippen LogP contribution in [-0.2, 0) is 15.7 Å². The highest BCUT2D eigenvalue weighted by Crippen LogP contribution is 2.35. The minimum absolute atomic E-state index is 0.0505. The Balaban J connectivity index is 1.84. The summed E-state index contributed by atoms with van der Waals surface area (Å²) in [6.07, 6.45) is -5.63. The van der Waals surface area contributed by atoms with E-state index in [0.29, 0.717) is 28.5 Å². The smallest absolute Gasteiger partial charge is 0.443 e. The van der Waals surface area contributed by atoms with Crippen molar-refractivity contribution in [2.75, 3.05) is 26.8 Å². The van der Waals surface area contributed by atoms with Gasteiger partial charge in [0.1, 0.15) is 11.9 Å². The van der Waals surface area contributed by atoms with Gasteiger partial charge >= 0.3 is 12.1 Å². The summed E-state index contributed by atoms with van der Waals surface area (Å²) in [6.45, 7) is 3.91. The highest BCUT2D eigenvalue weighted by atomic mass is 32.1. The molecule has 2 N–H and O–H groups in total. The fourth-order valence-corrected chi connectivity index (χ4v) is 3.42. The third kappa shape index (κ3) is 6.69. The molecule has 2 rings (SSSR count). The number of nitrogens with one attached hydrogen (secondary N) is 1. The van der Waals surface area contributed by atoms with Gasteiger partial charge in [-0.05, 0) is 30.5 Å². The van der Waals surface area contributed by atoms with E-state index < -0.39 is 23.3 Å². The first-order valence-corrected chi connectivity index (χ1v) is 9.66. The monoisotopic (exact) mass is 432 g/mol. The van der Waals surface area contributed by atoms with Crippen molar-refractivity contribution >= 4 is 17.3 Å². The molecule has 0 bridgehead atoms. The lowest BCUT2D eigenvalue weighted by atomic mass is 10.0. The third-order valence-electron chi connectivity index (χ3n) is 4.21. The number of rotatable bonds is 9. The van der Waals surface area contributed by atoms with Gasteiger partial charge in [0.2, 0.25) is 0 Å². The summed E-state index contributed by atoms with van der Waals surface area (Å²) < 4.78 is 48.0. The summed E-state index contributed by atoms with van der Waals surface area (Å²) in [5, 5.41) is 12.3. The van der Waals surface area contributed by atoms with Crippen LogP contribution < -0.4 is 10.1 Å². The fraction of sp³-hybridized carbons (Fsp3) is 0.474. The van der Waals surface area contributed by atoms with Gasteiger partial charge in [0.15, 0.2) is 11.6 Å². The number of aromatic nitrogens is 1. The lowest BCUT2D eigenvalue weighted by Gasteiger charge is -2.16. The summed E-state index contributed by atoms with van der Waals surface area (Å²) in [5.41, 5.74) is 1.05. The van der Waals surface area contributed by atoms with E-state index >= 15 is 0 Å². The summed E-state index contributed by atoms with van der Waals surface area (Å²) in [7, 11) is 1.28. The molecule has 0 saturated heterocycles. The first-order chi connectivity index (χ1) is 13.6. The van der Waals surface area contributed by atoms with Crippen LogP contribution in [0.15, 0.2) is 24.3 Å². The highest BCUT2D eigenvalue weighted by Gasteiger charge is 2.36. The standard InChI is InChI=1S/C19H23F3N2O4S/c1-11(13-4-6-14(7-5-13)28-10-16(26)27-3)8-23-9-15(25)17-12(2)29-18(24-17)19(20,21)22/h4-7,11,15,23,25H,8-10H2,1-3H3. The van der Waals surface area contributed by atoms with Crippen LogP contribution in [-0.4, -0.2) is 42.9 Å². The molecule has 160 valence electrons. The molecule has 0 saturated carbocycles. The summed E-state index contributed by atoms with van der Waals surface area (Å²) in [4.78, 5) is 15.0. The second-order valence-corrected chi connectivity index (χ2v) is 7.67. The number of aliphatic hydroxyl groups is 1. The average molecular weight is 432 g/mol. The van der Waals surface area contributed by atoms with Crippen LogP contribution in [0.5, 0.6) is 5.75 Å². The second-order valence-electron chi connectivity index (χ2n) is 6.47. The van der Waals surface area contributed by atoms with Gasteiger partial charge < -0.3 is 19.9 Å². The number of halogens is 3. The van der Waals surface area contributed by atoms with E-state index in [1.165, 1.54) is 14.0 Å². The van der Waals surface area contributed by atoms with Crippen LogP contribution in [0, 0.1) is 6.92 Å². The topological polar surface area (TPSA) is 80.7 Å². The number of carbonyl (C=O) groups excluding carboxylic acids is 1. The minimum atomic E-state index is -4.51. The molecule has 0 amide bonds. The Morgan fingerprint density at radius 3 is 2.48 bits per heavy atom. The van der Waals surface area contributed by atoms with Gasteiger partial charge in [-0.3, -0.25) is 0 Å². The van der Waals surface area contributed by atoms with E-state index in [-0.39, 0.29) is 24.8 Å². The third-order valence-corrected chi connectivity index (χ3v) is 5.24. The molecule has 0 aliphatic heterocycles. The Morgan fingerprint density at radius 1 is 1.28 bits per heavy atom. The van der Waals surface area contributed by atoms with Gasteiger partial charge in [0.25, 0.3) is 0 Å². The number of aryl methyl sites for hydroxylation is 1. The van der Waals surface area contributed by atoms with E-state index in [1.807, 2.05) is 19.1 Å². The fourth-order valence-electron chi connectivity index (χ4n) is 2.58. The summed E-state index contributed by atoms with van der Waals surface area (Å²) in [6, 6.07) is 7.19. The number of esters is 1. The predicted molar refractivity (Wildman–Crippen MR) is 102 cm³/mol. The molecule has 0 spiro atoms. The van der Waals surface area contributed by atoms with Gasteiger partial charge in [0, 0.05) is 18.0 Å². The van der Waals surface area contributed by atoms with Gasteiger partial charge in [0.05, 0.1) is 12.8 Å². The molecule has 0 aliphatic rings. The first kappa shape index (κ1) is 23.1. The van der Waals surface area contributed by atoms with Gasteiger partial charge in [-0.2, -0.15) is 13.2 Å². The number of hydrogen-bond donors (Lipinski definition) is 2. The Kier molecular flexibility index (Phi) is 8.00. The van der Waals surface area contributed by atoms with E-state index in [2.05, 4.69) is 15.0 Å². The summed E-state index contributed by atoms with van der Waals surface area (Å²) in [5.74, 6) is 0.149. The quantitative estimate of drug-likeness (QED) is 0.591. The lowest BCUT2D eigenvalue weighted by Crippen LogP contribution is -2.26. The molecule has 2 aromatic rings. The van der Waals surface area contributed by atoms with Crippen molar-refractivity contribution in [3.05, 3.63) is 45.4 Å². The van der Waals surface area contributed by atoms with Crippen LogP contribution in [0.25, 0.3) is 0 Å². The number of ether oxygens (including phenoxy) is 2. The zero-order chi connectivity index (χ0) is 21.6. The van der Waals surface area contributed by atoms with E-state index in [4.69, 9.17) is 4.74 Å². The maximum atomic E-state index is 12.7. The molecule has 0 aliphatic carbocycles. The molecular formula is C19H23F3N2O4S. The van der Waals surface area contributed by atoms with E-state index in [9.17, 15) is 23.1 Å². The molecule has 2 unspecified atom stereocenters. The SMILES string of the molecule is COC(=O)COc1ccc(C(C)CNCC(O)c2nc(C(F)(F)F)sc2C)cc1. The zero-order valence-electron chi connectivity index (χ0n) is 16.2. The van der Waals surface area contributed by atoms with Crippen molar-refractivity contribution in [1.82, 2.24) is 10.3 Å². The average Bonchev–Trinajstić information content (AvgIpc) is 3.08. The van der Waals surface area contributed by atoms with E-state index in [0.717, 1.165) is 5.56 Å². The number of thiazole rings is 1. The van der Waals surface area contributed by atoms with Crippen molar-refractivity contribution in [2.45, 2.75) is 32.0 Å². The van der Waals surface area contributed by atoms with Crippen LogP contribution in [0.4, 0.5) is 13.2 Å². The van der Waals surface area contributed by atoms with Crippen LogP contribution >= 0.6 is 11.3 Å². The van der Waals surface area contributed by atoms with E-state index in [1.54, 1.807) is 12.1 Å². The Hall–Kier alpha value is -2.17. The van der Waals surface area contributed by atoms with Crippen molar-refractivity contribution in [3.8, 4) is 5.75 Å². The number of carbonyl (C=O) groups is 1. The Bertz CT molecular complexity index is 809. The van der Waals surface area contributed by atoms with Crippen LogP contribution in [0.3, 0.4) is 0 Å².